The molecule has 0 spiro atoms. The van der Waals surface area contributed by atoms with Crippen LogP contribution < -0.4 is 0 Å². The van der Waals surface area contributed by atoms with Crippen LogP contribution in [0.3, 0.4) is 0 Å². The molecule has 0 fully saturated rings. The van der Waals surface area contributed by atoms with Gasteiger partial charge in [0.1, 0.15) is 0 Å². The molecular formula is C19H17NOS. The van der Waals surface area contributed by atoms with Gasteiger partial charge in [-0.05, 0) is 44.8 Å². The van der Waals surface area contributed by atoms with Crippen molar-refractivity contribution >= 4 is 34.1 Å². The number of carbonyl (C=O) groups is 1. The van der Waals surface area contributed by atoms with Crippen molar-refractivity contribution in [1.82, 2.24) is 4.90 Å². The molecule has 0 atom stereocenters. The third-order valence-electron chi connectivity index (χ3n) is 3.60. The van der Waals surface area contributed by atoms with Crippen molar-refractivity contribution in [3.63, 3.8) is 0 Å². The van der Waals surface area contributed by atoms with Gasteiger partial charge in [0, 0.05) is 19.7 Å². The number of carbonyl (C=O) groups excluding carboxylic acids is 1. The van der Waals surface area contributed by atoms with E-state index in [0.717, 1.165) is 10.9 Å². The van der Waals surface area contributed by atoms with Crippen LogP contribution in [-0.2, 0) is 11.3 Å². The summed E-state index contributed by atoms with van der Waals surface area (Å²) in [5, 5.41) is 6.44. The van der Waals surface area contributed by atoms with E-state index in [1.54, 1.807) is 22.3 Å². The number of nitrogens with zero attached hydrogens (tertiary/aromatic N) is 1. The first-order valence-corrected chi connectivity index (χ1v) is 8.10. The molecule has 110 valence electrons. The van der Waals surface area contributed by atoms with Gasteiger partial charge in [-0.3, -0.25) is 4.79 Å². The van der Waals surface area contributed by atoms with E-state index < -0.39 is 0 Å². The van der Waals surface area contributed by atoms with Crippen molar-refractivity contribution in [2.24, 2.45) is 0 Å². The van der Waals surface area contributed by atoms with E-state index in [1.165, 1.54) is 10.9 Å². The first-order chi connectivity index (χ1) is 10.7. The van der Waals surface area contributed by atoms with Crippen LogP contribution in [0.15, 0.2) is 65.4 Å². The minimum absolute atomic E-state index is 0.0131. The zero-order chi connectivity index (χ0) is 15.4. The number of fused-ring (bicyclic) bond motifs is 1. The van der Waals surface area contributed by atoms with E-state index in [9.17, 15) is 4.79 Å². The highest BCUT2D eigenvalue weighted by Gasteiger charge is 2.06. The summed E-state index contributed by atoms with van der Waals surface area (Å²) < 4.78 is 0. The van der Waals surface area contributed by atoms with E-state index in [-0.39, 0.29) is 5.91 Å². The van der Waals surface area contributed by atoms with Gasteiger partial charge in [0.2, 0.25) is 5.91 Å². The molecule has 1 amide bonds. The summed E-state index contributed by atoms with van der Waals surface area (Å²) in [5.41, 5.74) is 2.23. The van der Waals surface area contributed by atoms with Crippen LogP contribution in [0.4, 0.5) is 0 Å². The number of amides is 1. The normalized spacial score (nSPS) is 11.1. The molecule has 0 aliphatic rings. The topological polar surface area (TPSA) is 20.3 Å². The lowest BCUT2D eigenvalue weighted by atomic mass is 10.0. The molecule has 1 heterocycles. The van der Waals surface area contributed by atoms with E-state index in [2.05, 4.69) is 23.6 Å². The standard InChI is InChI=1S/C19H17NOS/c1-20(13-15-11-12-22-14-15)19(21)10-9-17-7-4-6-16-5-2-3-8-18(16)17/h2-12,14H,13H2,1H3/b10-9+. The van der Waals surface area contributed by atoms with Crippen LogP contribution in [0, 0.1) is 0 Å². The summed E-state index contributed by atoms with van der Waals surface area (Å²) >= 11 is 1.65. The van der Waals surface area contributed by atoms with Crippen LogP contribution in [0.25, 0.3) is 16.8 Å². The SMILES string of the molecule is CN(Cc1ccsc1)C(=O)/C=C/c1cccc2ccccc12. The number of rotatable bonds is 4. The largest absolute Gasteiger partial charge is 0.338 e. The maximum Gasteiger partial charge on any atom is 0.246 e. The highest BCUT2D eigenvalue weighted by molar-refractivity contribution is 7.07. The molecule has 22 heavy (non-hydrogen) atoms. The third-order valence-corrected chi connectivity index (χ3v) is 4.34. The van der Waals surface area contributed by atoms with Crippen molar-refractivity contribution in [3.05, 3.63) is 76.5 Å². The van der Waals surface area contributed by atoms with Gasteiger partial charge in [0.15, 0.2) is 0 Å². The molecule has 0 bridgehead atoms. The molecular weight excluding hydrogens is 290 g/mol. The van der Waals surface area contributed by atoms with Crippen molar-refractivity contribution in [2.75, 3.05) is 7.05 Å². The zero-order valence-corrected chi connectivity index (χ0v) is 13.2. The average Bonchev–Trinajstić information content (AvgIpc) is 3.05. The Balaban J connectivity index is 1.76. The van der Waals surface area contributed by atoms with Crippen LogP contribution >= 0.6 is 11.3 Å². The lowest BCUT2D eigenvalue weighted by Gasteiger charge is -2.13. The number of hydrogen-bond donors (Lipinski definition) is 0. The molecule has 0 aliphatic carbocycles. The van der Waals surface area contributed by atoms with E-state index in [1.807, 2.05) is 48.8 Å². The molecule has 0 aliphatic heterocycles. The minimum atomic E-state index is 0.0131. The molecule has 3 heteroatoms. The van der Waals surface area contributed by atoms with Crippen molar-refractivity contribution in [1.29, 1.82) is 0 Å². The summed E-state index contributed by atoms with van der Waals surface area (Å²) in [7, 11) is 1.83. The van der Waals surface area contributed by atoms with Gasteiger partial charge in [0.05, 0.1) is 0 Å². The van der Waals surface area contributed by atoms with Gasteiger partial charge in [-0.2, -0.15) is 11.3 Å². The summed E-state index contributed by atoms with van der Waals surface area (Å²) in [4.78, 5) is 13.9. The highest BCUT2D eigenvalue weighted by atomic mass is 32.1. The Labute approximate surface area is 134 Å². The Morgan fingerprint density at radius 3 is 2.77 bits per heavy atom. The van der Waals surface area contributed by atoms with Crippen molar-refractivity contribution < 1.29 is 4.79 Å². The number of likely N-dealkylation sites (N-methyl/N-ethyl adjacent to an activating group) is 1. The quantitative estimate of drug-likeness (QED) is 0.646. The van der Waals surface area contributed by atoms with Gasteiger partial charge < -0.3 is 4.90 Å². The second kappa shape index (κ2) is 6.58. The first-order valence-electron chi connectivity index (χ1n) is 7.16. The highest BCUT2D eigenvalue weighted by Crippen LogP contribution is 2.19. The predicted octanol–water partition coefficient (Wildman–Crippen LogP) is 4.57. The van der Waals surface area contributed by atoms with Crippen LogP contribution in [0.5, 0.6) is 0 Å². The predicted molar refractivity (Wildman–Crippen MR) is 93.8 cm³/mol. The number of thiophene rings is 1. The fourth-order valence-corrected chi connectivity index (χ4v) is 3.08. The monoisotopic (exact) mass is 307 g/mol. The molecule has 2 nitrogen and oxygen atoms in total. The second-order valence-electron chi connectivity index (χ2n) is 5.23. The summed E-state index contributed by atoms with van der Waals surface area (Å²) in [5.74, 6) is 0.0131. The van der Waals surface area contributed by atoms with Crippen LogP contribution in [-0.4, -0.2) is 17.9 Å². The second-order valence-corrected chi connectivity index (χ2v) is 6.01. The molecule has 0 N–H and O–H groups in total. The van der Waals surface area contributed by atoms with Crippen molar-refractivity contribution in [2.45, 2.75) is 6.54 Å². The molecule has 3 aromatic rings. The Morgan fingerprint density at radius 1 is 1.14 bits per heavy atom. The summed E-state index contributed by atoms with van der Waals surface area (Å²) in [6, 6.07) is 16.4. The first kappa shape index (κ1) is 14.5. The Hall–Kier alpha value is -2.39. The minimum Gasteiger partial charge on any atom is -0.338 e. The summed E-state index contributed by atoms with van der Waals surface area (Å²) in [6.07, 6.45) is 3.54. The Bertz CT molecular complexity index is 800. The van der Waals surface area contributed by atoms with Gasteiger partial charge in [-0.1, -0.05) is 42.5 Å². The maximum atomic E-state index is 12.2. The molecule has 3 rings (SSSR count). The van der Waals surface area contributed by atoms with E-state index >= 15 is 0 Å². The van der Waals surface area contributed by atoms with Crippen molar-refractivity contribution in [3.8, 4) is 0 Å². The van der Waals surface area contributed by atoms with E-state index in [0.29, 0.717) is 6.54 Å². The third kappa shape index (κ3) is 3.26. The lowest BCUT2D eigenvalue weighted by molar-refractivity contribution is -0.125. The number of hydrogen-bond acceptors (Lipinski definition) is 2. The Morgan fingerprint density at radius 2 is 1.95 bits per heavy atom. The van der Waals surface area contributed by atoms with Gasteiger partial charge in [0.25, 0.3) is 0 Å². The van der Waals surface area contributed by atoms with Gasteiger partial charge in [-0.15, -0.1) is 0 Å². The fraction of sp³-hybridized carbons (Fsp3) is 0.105. The molecule has 0 saturated heterocycles. The molecule has 0 radical (unpaired) electrons. The zero-order valence-electron chi connectivity index (χ0n) is 12.4. The van der Waals surface area contributed by atoms with Gasteiger partial charge in [-0.25, -0.2) is 0 Å². The molecule has 0 saturated carbocycles. The summed E-state index contributed by atoms with van der Waals surface area (Å²) in [6.45, 7) is 0.641. The number of benzene rings is 2. The van der Waals surface area contributed by atoms with Gasteiger partial charge >= 0.3 is 0 Å². The van der Waals surface area contributed by atoms with Crippen LogP contribution in [0.2, 0.25) is 0 Å². The van der Waals surface area contributed by atoms with Crippen LogP contribution in [0.1, 0.15) is 11.1 Å². The fourth-order valence-electron chi connectivity index (χ4n) is 2.42. The maximum absolute atomic E-state index is 12.2. The Kier molecular flexibility index (Phi) is 4.35. The molecule has 1 aromatic heterocycles. The van der Waals surface area contributed by atoms with E-state index in [4.69, 9.17) is 0 Å². The average molecular weight is 307 g/mol. The lowest BCUT2D eigenvalue weighted by Crippen LogP contribution is -2.23. The molecule has 2 aromatic carbocycles. The smallest absolute Gasteiger partial charge is 0.246 e. The molecule has 0 unspecified atom stereocenters.